The SMILES string of the molecule is Cc1cc2ncc(CNCc3cc4c(s3)CCC4)cn2n1. The summed E-state index contributed by atoms with van der Waals surface area (Å²) in [7, 11) is 0. The van der Waals surface area contributed by atoms with Crippen LogP contribution in [0.25, 0.3) is 5.65 Å². The first kappa shape index (κ1) is 13.0. The Hall–Kier alpha value is -1.72. The van der Waals surface area contributed by atoms with Crippen LogP contribution < -0.4 is 5.32 Å². The molecule has 1 aliphatic carbocycles. The van der Waals surface area contributed by atoms with Crippen molar-refractivity contribution in [3.63, 3.8) is 0 Å². The fourth-order valence-corrected chi connectivity index (χ4v) is 4.16. The van der Waals surface area contributed by atoms with Gasteiger partial charge < -0.3 is 5.32 Å². The van der Waals surface area contributed by atoms with Crippen LogP contribution >= 0.6 is 11.3 Å². The van der Waals surface area contributed by atoms with Crippen LogP contribution in [-0.2, 0) is 25.9 Å². The Morgan fingerprint density at radius 1 is 1.29 bits per heavy atom. The Balaban J connectivity index is 1.40. The van der Waals surface area contributed by atoms with E-state index >= 15 is 0 Å². The van der Waals surface area contributed by atoms with Gasteiger partial charge in [-0.15, -0.1) is 11.3 Å². The molecular formula is C16H18N4S. The van der Waals surface area contributed by atoms with Crippen LogP contribution in [0.15, 0.2) is 24.5 Å². The molecule has 0 aromatic carbocycles. The van der Waals surface area contributed by atoms with Crippen LogP contribution in [-0.4, -0.2) is 14.6 Å². The van der Waals surface area contributed by atoms with Crippen molar-refractivity contribution in [2.24, 2.45) is 0 Å². The summed E-state index contributed by atoms with van der Waals surface area (Å²) >= 11 is 1.97. The van der Waals surface area contributed by atoms with Crippen molar-refractivity contribution < 1.29 is 0 Å². The maximum Gasteiger partial charge on any atom is 0.155 e. The molecule has 4 rings (SSSR count). The average molecular weight is 298 g/mol. The lowest BCUT2D eigenvalue weighted by atomic mass is 10.2. The highest BCUT2D eigenvalue weighted by Gasteiger charge is 2.14. The summed E-state index contributed by atoms with van der Waals surface area (Å²) in [5.41, 5.74) is 4.65. The van der Waals surface area contributed by atoms with Gasteiger partial charge in [0.15, 0.2) is 5.65 Å². The molecule has 4 nitrogen and oxygen atoms in total. The van der Waals surface area contributed by atoms with Gasteiger partial charge in [0.05, 0.1) is 5.69 Å². The molecule has 0 bridgehead atoms. The normalized spacial score (nSPS) is 14.0. The van der Waals surface area contributed by atoms with Gasteiger partial charge in [0.2, 0.25) is 0 Å². The molecule has 0 aliphatic heterocycles. The van der Waals surface area contributed by atoms with Gasteiger partial charge in [0.25, 0.3) is 0 Å². The first-order valence-corrected chi connectivity index (χ1v) is 8.22. The second kappa shape index (κ2) is 5.24. The van der Waals surface area contributed by atoms with Crippen LogP contribution in [0.2, 0.25) is 0 Å². The van der Waals surface area contributed by atoms with E-state index in [4.69, 9.17) is 0 Å². The molecule has 3 aromatic heterocycles. The fourth-order valence-electron chi connectivity index (χ4n) is 2.93. The molecule has 0 atom stereocenters. The zero-order chi connectivity index (χ0) is 14.2. The summed E-state index contributed by atoms with van der Waals surface area (Å²) in [6, 6.07) is 4.36. The van der Waals surface area contributed by atoms with Crippen molar-refractivity contribution in [1.82, 2.24) is 19.9 Å². The molecule has 108 valence electrons. The predicted molar refractivity (Wildman–Crippen MR) is 84.6 cm³/mol. The van der Waals surface area contributed by atoms with E-state index in [1.165, 1.54) is 24.1 Å². The molecular weight excluding hydrogens is 280 g/mol. The monoisotopic (exact) mass is 298 g/mol. The third-order valence-corrected chi connectivity index (χ3v) is 5.15. The number of hydrogen-bond donors (Lipinski definition) is 1. The number of aryl methyl sites for hydroxylation is 3. The van der Waals surface area contributed by atoms with Gasteiger partial charge in [-0.05, 0) is 37.8 Å². The standard InChI is InChI=1S/C16H18N4S/c1-11-5-16-18-8-12(10-20(16)19-11)7-17-9-14-6-13-3-2-4-15(13)21-14/h5-6,8,10,17H,2-4,7,9H2,1H3. The molecule has 1 N–H and O–H groups in total. The van der Waals surface area contributed by atoms with Gasteiger partial charge in [0.1, 0.15) is 0 Å². The largest absolute Gasteiger partial charge is 0.308 e. The maximum absolute atomic E-state index is 4.43. The molecule has 3 heterocycles. The second-order valence-corrected chi connectivity index (χ2v) is 6.89. The highest BCUT2D eigenvalue weighted by atomic mass is 32.1. The minimum absolute atomic E-state index is 0.824. The highest BCUT2D eigenvalue weighted by Crippen LogP contribution is 2.30. The van der Waals surface area contributed by atoms with E-state index < -0.39 is 0 Å². The summed E-state index contributed by atoms with van der Waals surface area (Å²) in [5.74, 6) is 0. The molecule has 0 fully saturated rings. The minimum Gasteiger partial charge on any atom is -0.308 e. The summed E-state index contributed by atoms with van der Waals surface area (Å²) < 4.78 is 1.85. The third-order valence-electron chi connectivity index (χ3n) is 3.91. The molecule has 0 spiro atoms. The maximum atomic E-state index is 4.43. The summed E-state index contributed by atoms with van der Waals surface area (Å²) in [5, 5.41) is 7.91. The molecule has 0 amide bonds. The molecule has 3 aromatic rings. The summed E-state index contributed by atoms with van der Waals surface area (Å²) in [4.78, 5) is 7.48. The van der Waals surface area contributed by atoms with Crippen LogP contribution in [0.5, 0.6) is 0 Å². The molecule has 5 heteroatoms. The number of thiophene rings is 1. The Morgan fingerprint density at radius 2 is 2.24 bits per heavy atom. The van der Waals surface area contributed by atoms with E-state index in [9.17, 15) is 0 Å². The van der Waals surface area contributed by atoms with E-state index in [0.29, 0.717) is 0 Å². The average Bonchev–Trinajstić information content (AvgIpc) is 3.11. The molecule has 1 aliphatic rings. The quantitative estimate of drug-likeness (QED) is 0.805. The first-order chi connectivity index (χ1) is 10.3. The molecule has 0 radical (unpaired) electrons. The third kappa shape index (κ3) is 2.59. The number of nitrogens with zero attached hydrogens (tertiary/aromatic N) is 3. The zero-order valence-corrected chi connectivity index (χ0v) is 12.9. The van der Waals surface area contributed by atoms with Crippen molar-refractivity contribution in [1.29, 1.82) is 0 Å². The molecule has 0 saturated heterocycles. The highest BCUT2D eigenvalue weighted by molar-refractivity contribution is 7.12. The second-order valence-electron chi connectivity index (χ2n) is 5.67. The Morgan fingerprint density at radius 3 is 3.14 bits per heavy atom. The van der Waals surface area contributed by atoms with Crippen molar-refractivity contribution in [3.05, 3.63) is 51.1 Å². The fraction of sp³-hybridized carbons (Fsp3) is 0.375. The smallest absolute Gasteiger partial charge is 0.155 e. The van der Waals surface area contributed by atoms with Crippen LogP contribution in [0, 0.1) is 6.92 Å². The topological polar surface area (TPSA) is 42.2 Å². The minimum atomic E-state index is 0.824. The van der Waals surface area contributed by atoms with Crippen molar-refractivity contribution in [3.8, 4) is 0 Å². The Labute approximate surface area is 127 Å². The van der Waals surface area contributed by atoms with E-state index in [1.807, 2.05) is 35.0 Å². The van der Waals surface area contributed by atoms with Crippen molar-refractivity contribution in [2.45, 2.75) is 39.3 Å². The van der Waals surface area contributed by atoms with Gasteiger partial charge in [-0.25, -0.2) is 9.50 Å². The van der Waals surface area contributed by atoms with E-state index in [1.54, 1.807) is 10.4 Å². The van der Waals surface area contributed by atoms with Crippen LogP contribution in [0.4, 0.5) is 0 Å². The number of nitrogens with one attached hydrogen (secondary N) is 1. The molecule has 21 heavy (non-hydrogen) atoms. The van der Waals surface area contributed by atoms with Crippen molar-refractivity contribution >= 4 is 17.0 Å². The number of aromatic nitrogens is 3. The predicted octanol–water partition coefficient (Wildman–Crippen LogP) is 2.88. The summed E-state index contributed by atoms with van der Waals surface area (Å²) in [6.45, 7) is 3.75. The van der Waals surface area contributed by atoms with Crippen molar-refractivity contribution in [2.75, 3.05) is 0 Å². The van der Waals surface area contributed by atoms with Gasteiger partial charge in [0, 0.05) is 46.9 Å². The number of fused-ring (bicyclic) bond motifs is 2. The Bertz CT molecular complexity index is 765. The van der Waals surface area contributed by atoms with Gasteiger partial charge >= 0.3 is 0 Å². The summed E-state index contributed by atoms with van der Waals surface area (Å²) in [6.07, 6.45) is 7.86. The van der Waals surface area contributed by atoms with E-state index in [-0.39, 0.29) is 0 Å². The van der Waals surface area contributed by atoms with Gasteiger partial charge in [-0.2, -0.15) is 5.10 Å². The first-order valence-electron chi connectivity index (χ1n) is 7.40. The lowest BCUT2D eigenvalue weighted by molar-refractivity contribution is 0.692. The molecule has 0 saturated carbocycles. The molecule has 0 unspecified atom stereocenters. The number of hydrogen-bond acceptors (Lipinski definition) is 4. The number of rotatable bonds is 4. The lowest BCUT2D eigenvalue weighted by Gasteiger charge is -2.03. The van der Waals surface area contributed by atoms with Gasteiger partial charge in [-0.1, -0.05) is 0 Å². The zero-order valence-electron chi connectivity index (χ0n) is 12.1. The van der Waals surface area contributed by atoms with Gasteiger partial charge in [-0.3, -0.25) is 0 Å². The van der Waals surface area contributed by atoms with E-state index in [0.717, 1.165) is 30.0 Å². The van der Waals surface area contributed by atoms with Crippen LogP contribution in [0.3, 0.4) is 0 Å². The van der Waals surface area contributed by atoms with Crippen LogP contribution in [0.1, 0.15) is 33.0 Å². The lowest BCUT2D eigenvalue weighted by Crippen LogP contribution is -2.12. The Kier molecular flexibility index (Phi) is 3.24. The van der Waals surface area contributed by atoms with E-state index in [2.05, 4.69) is 27.7 Å².